The van der Waals surface area contributed by atoms with E-state index in [4.69, 9.17) is 9.47 Å². The maximum absolute atomic E-state index is 13.4. The Morgan fingerprint density at radius 3 is 1.06 bits per heavy atom. The van der Waals surface area contributed by atoms with E-state index in [-0.39, 0.29) is 11.9 Å². The zero-order valence-electron chi connectivity index (χ0n) is 32.4. The van der Waals surface area contributed by atoms with Gasteiger partial charge in [0.25, 0.3) is 0 Å². The Morgan fingerprint density at radius 2 is 0.740 bits per heavy atom. The molecule has 0 fully saturated rings. The molecule has 2 aromatic heterocycles. The molecule has 0 aliphatic heterocycles. The Labute approximate surface area is 313 Å². The van der Waals surface area contributed by atoms with Gasteiger partial charge in [-0.2, -0.15) is 0 Å². The van der Waals surface area contributed by atoms with Crippen LogP contribution in [0.2, 0.25) is 0 Å². The van der Waals surface area contributed by atoms with E-state index in [2.05, 4.69) is 39.8 Å². The molecule has 0 unspecified atom stereocenters. The fraction of sp³-hybridized carbons (Fsp3) is 0.727. The number of benzene rings is 1. The first-order chi connectivity index (χ1) is 24.5. The first-order valence-corrected chi connectivity index (χ1v) is 22.5. The van der Waals surface area contributed by atoms with E-state index in [1.54, 1.807) is 22.7 Å². The maximum atomic E-state index is 13.4. The normalized spacial score (nSPS) is 11.6. The molecule has 0 spiro atoms. The lowest BCUT2D eigenvalue weighted by molar-refractivity contribution is 0.0495. The summed E-state index contributed by atoms with van der Waals surface area (Å²) in [4.78, 5) is 28.4. The third kappa shape index (κ3) is 14.6. The van der Waals surface area contributed by atoms with Crippen molar-refractivity contribution in [3.63, 3.8) is 0 Å². The van der Waals surface area contributed by atoms with E-state index in [9.17, 15) is 9.59 Å². The predicted molar refractivity (Wildman–Crippen MR) is 219 cm³/mol. The van der Waals surface area contributed by atoms with Crippen LogP contribution in [0.1, 0.15) is 212 Å². The molecule has 50 heavy (non-hydrogen) atoms. The molecule has 4 nitrogen and oxygen atoms in total. The zero-order valence-corrected chi connectivity index (χ0v) is 34.0. The second kappa shape index (κ2) is 25.9. The van der Waals surface area contributed by atoms with Crippen LogP contribution >= 0.6 is 22.7 Å². The number of rotatable bonds is 30. The molecule has 0 radical (unpaired) electrons. The van der Waals surface area contributed by atoms with Crippen LogP contribution < -0.4 is 0 Å². The fourth-order valence-electron chi connectivity index (χ4n) is 6.94. The third-order valence-corrected chi connectivity index (χ3v) is 12.4. The Balaban J connectivity index is 1.77. The number of hydrogen-bond donors (Lipinski definition) is 0. The average molecular weight is 727 g/mol. The van der Waals surface area contributed by atoms with E-state index < -0.39 is 0 Å². The van der Waals surface area contributed by atoms with Crippen molar-refractivity contribution in [3.8, 4) is 0 Å². The van der Waals surface area contributed by atoms with Crippen LogP contribution in [-0.2, 0) is 22.3 Å². The molecule has 3 rings (SSSR count). The van der Waals surface area contributed by atoms with Crippen molar-refractivity contribution in [2.75, 3.05) is 13.2 Å². The van der Waals surface area contributed by atoms with Gasteiger partial charge in [-0.1, -0.05) is 156 Å². The summed E-state index contributed by atoms with van der Waals surface area (Å²) in [7, 11) is 0. The first kappa shape index (κ1) is 42.5. The fourth-order valence-corrected chi connectivity index (χ4v) is 9.27. The standard InChI is InChI=1S/C44H70O4S2/c1-5-9-13-15-17-19-21-23-25-27-29-35-37-33-40-38(34-39(37)49-41(35)43(45)47-31-11-7-3)36(42(50-40)44(46)48-32-12-8-4)30-28-26-24-22-20-18-16-14-10-6-2/h33-34H,5-32H2,1-4H3. The highest BCUT2D eigenvalue weighted by Gasteiger charge is 2.24. The van der Waals surface area contributed by atoms with Crippen LogP contribution in [0.3, 0.4) is 0 Å². The number of hydrogen-bond acceptors (Lipinski definition) is 6. The average Bonchev–Trinajstić information content (AvgIpc) is 3.66. The number of esters is 2. The third-order valence-electron chi connectivity index (χ3n) is 10.1. The molecule has 6 heteroatoms. The van der Waals surface area contributed by atoms with E-state index >= 15 is 0 Å². The maximum Gasteiger partial charge on any atom is 0.348 e. The SMILES string of the molecule is CCCCCCCCCCCCc1c(C(=O)OCCCC)sc2cc3c(CCCCCCCCCCCC)c(C(=O)OCCCC)sc3cc12. The highest BCUT2D eigenvalue weighted by Crippen LogP contribution is 2.41. The van der Waals surface area contributed by atoms with Gasteiger partial charge in [-0.25, -0.2) is 9.59 Å². The summed E-state index contributed by atoms with van der Waals surface area (Å²) >= 11 is 3.18. The minimum atomic E-state index is -0.170. The highest BCUT2D eigenvalue weighted by molar-refractivity contribution is 7.22. The molecule has 1 aromatic carbocycles. The van der Waals surface area contributed by atoms with Crippen molar-refractivity contribution in [2.45, 2.75) is 195 Å². The summed E-state index contributed by atoms with van der Waals surface area (Å²) in [5.74, 6) is -0.341. The first-order valence-electron chi connectivity index (χ1n) is 20.9. The molecule has 2 heterocycles. The zero-order chi connectivity index (χ0) is 35.8. The molecule has 0 saturated carbocycles. The molecule has 0 aliphatic carbocycles. The summed E-state index contributed by atoms with van der Waals surface area (Å²) in [5, 5.41) is 2.33. The highest BCUT2D eigenvalue weighted by atomic mass is 32.1. The topological polar surface area (TPSA) is 52.6 Å². The van der Waals surface area contributed by atoms with Crippen molar-refractivity contribution in [2.24, 2.45) is 0 Å². The van der Waals surface area contributed by atoms with Gasteiger partial charge in [0.1, 0.15) is 9.75 Å². The van der Waals surface area contributed by atoms with Gasteiger partial charge >= 0.3 is 11.9 Å². The summed E-state index contributed by atoms with van der Waals surface area (Å²) < 4.78 is 13.8. The van der Waals surface area contributed by atoms with E-state index in [0.717, 1.165) is 81.6 Å². The molecular weight excluding hydrogens is 657 g/mol. The van der Waals surface area contributed by atoms with Gasteiger partial charge in [0.05, 0.1) is 13.2 Å². The van der Waals surface area contributed by atoms with Crippen LogP contribution in [0.25, 0.3) is 20.2 Å². The predicted octanol–water partition coefficient (Wildman–Crippen LogP) is 15.0. The largest absolute Gasteiger partial charge is 0.462 e. The summed E-state index contributed by atoms with van der Waals surface area (Å²) in [5.41, 5.74) is 2.29. The van der Waals surface area contributed by atoms with Crippen LogP contribution in [-0.4, -0.2) is 25.2 Å². The van der Waals surface area contributed by atoms with Crippen LogP contribution in [0, 0.1) is 0 Å². The Kier molecular flexibility index (Phi) is 22.0. The minimum absolute atomic E-state index is 0.170. The number of aryl methyl sites for hydroxylation is 2. The van der Waals surface area contributed by atoms with Crippen LogP contribution in [0.15, 0.2) is 12.1 Å². The van der Waals surface area contributed by atoms with Crippen molar-refractivity contribution in [3.05, 3.63) is 33.0 Å². The number of ether oxygens (including phenoxy) is 2. The smallest absolute Gasteiger partial charge is 0.348 e. The Bertz CT molecular complexity index is 1270. The van der Waals surface area contributed by atoms with Crippen molar-refractivity contribution in [1.29, 1.82) is 0 Å². The summed E-state index contributed by atoms with van der Waals surface area (Å²) in [6.45, 7) is 9.74. The van der Waals surface area contributed by atoms with Gasteiger partial charge in [-0.15, -0.1) is 22.7 Å². The van der Waals surface area contributed by atoms with Gasteiger partial charge in [0, 0.05) is 9.40 Å². The Hall–Kier alpha value is -1.92. The van der Waals surface area contributed by atoms with Crippen LogP contribution in [0.5, 0.6) is 0 Å². The number of fused-ring (bicyclic) bond motifs is 2. The molecule has 0 saturated heterocycles. The Morgan fingerprint density at radius 1 is 0.440 bits per heavy atom. The molecule has 0 amide bonds. The van der Waals surface area contributed by atoms with E-state index in [0.29, 0.717) is 13.2 Å². The molecule has 3 aromatic rings. The second-order valence-corrected chi connectivity index (χ2v) is 16.6. The van der Waals surface area contributed by atoms with E-state index in [1.807, 2.05) is 0 Å². The summed E-state index contributed by atoms with van der Waals surface area (Å²) in [6.07, 6.45) is 31.4. The molecule has 0 atom stereocenters. The van der Waals surface area contributed by atoms with Gasteiger partial charge in [-0.05, 0) is 72.6 Å². The van der Waals surface area contributed by atoms with Gasteiger partial charge < -0.3 is 9.47 Å². The van der Waals surface area contributed by atoms with Crippen molar-refractivity contribution >= 4 is 54.8 Å². The van der Waals surface area contributed by atoms with Gasteiger partial charge in [0.2, 0.25) is 0 Å². The lowest BCUT2D eigenvalue weighted by Gasteiger charge is -2.07. The van der Waals surface area contributed by atoms with Crippen molar-refractivity contribution < 1.29 is 19.1 Å². The number of carbonyl (C=O) groups is 2. The number of carbonyl (C=O) groups excluding carboxylic acids is 2. The lowest BCUT2D eigenvalue weighted by atomic mass is 9.99. The minimum Gasteiger partial charge on any atom is -0.462 e. The molecule has 0 bridgehead atoms. The van der Waals surface area contributed by atoms with Crippen LogP contribution in [0.4, 0.5) is 0 Å². The monoisotopic (exact) mass is 726 g/mol. The molecular formula is C44H70O4S2. The lowest BCUT2D eigenvalue weighted by Crippen LogP contribution is -2.07. The van der Waals surface area contributed by atoms with E-state index in [1.165, 1.54) is 126 Å². The quantitative estimate of drug-likeness (QED) is 0.0507. The molecule has 282 valence electrons. The van der Waals surface area contributed by atoms with Crippen molar-refractivity contribution in [1.82, 2.24) is 0 Å². The summed E-state index contributed by atoms with van der Waals surface area (Å²) in [6, 6.07) is 4.54. The number of unbranched alkanes of at least 4 members (excludes halogenated alkanes) is 20. The van der Waals surface area contributed by atoms with Gasteiger partial charge in [-0.3, -0.25) is 0 Å². The number of thiophene rings is 2. The second-order valence-electron chi connectivity index (χ2n) is 14.5. The molecule has 0 aliphatic rings. The molecule has 0 N–H and O–H groups in total. The van der Waals surface area contributed by atoms with Gasteiger partial charge in [0.15, 0.2) is 0 Å².